The quantitative estimate of drug-likeness (QED) is 0.573. The molecule has 0 radical (unpaired) electrons. The topological polar surface area (TPSA) is 81.1 Å². The van der Waals surface area contributed by atoms with E-state index in [0.717, 1.165) is 11.1 Å². The molecule has 2 aromatic carbocycles. The van der Waals surface area contributed by atoms with Crippen molar-refractivity contribution in [2.45, 2.75) is 58.4 Å². The molecule has 3 aromatic rings. The first-order valence-corrected chi connectivity index (χ1v) is 12.9. The number of hydrogen-bond donors (Lipinski definition) is 1. The highest BCUT2D eigenvalue weighted by molar-refractivity contribution is 7.89. The molecular formula is C25H33N3O3S. The average molecular weight is 456 g/mol. The minimum atomic E-state index is -3.29. The van der Waals surface area contributed by atoms with E-state index in [1.54, 1.807) is 4.57 Å². The number of benzene rings is 2. The van der Waals surface area contributed by atoms with Crippen molar-refractivity contribution in [1.82, 2.24) is 14.9 Å². The predicted molar refractivity (Wildman–Crippen MR) is 129 cm³/mol. The number of hydrogen-bond acceptors (Lipinski definition) is 4. The molecule has 1 heterocycles. The van der Waals surface area contributed by atoms with Crippen molar-refractivity contribution in [2.24, 2.45) is 5.92 Å². The lowest BCUT2D eigenvalue weighted by molar-refractivity contribution is -0.122. The summed E-state index contributed by atoms with van der Waals surface area (Å²) in [6, 6.07) is 15.6. The van der Waals surface area contributed by atoms with Crippen molar-refractivity contribution in [2.75, 3.05) is 6.26 Å². The molecule has 0 aliphatic rings. The summed E-state index contributed by atoms with van der Waals surface area (Å²) >= 11 is 0. The second-order valence-corrected chi connectivity index (χ2v) is 12.0. The first kappa shape index (κ1) is 24.0. The molecule has 172 valence electrons. The summed E-state index contributed by atoms with van der Waals surface area (Å²) in [4.78, 5) is 17.5. The third-order valence-electron chi connectivity index (χ3n) is 5.55. The van der Waals surface area contributed by atoms with Crippen LogP contribution in [0.5, 0.6) is 0 Å². The minimum Gasteiger partial charge on any atom is -0.347 e. The van der Waals surface area contributed by atoms with Crippen molar-refractivity contribution < 1.29 is 13.2 Å². The Labute approximate surface area is 191 Å². The fourth-order valence-electron chi connectivity index (χ4n) is 3.83. The SMILES string of the molecule is CC(C)C(NC(=O)Cn1c(CS(C)(=O)=O)nc2ccccc21)c1ccc(C(C)(C)C)cc1. The van der Waals surface area contributed by atoms with Crippen LogP contribution in [0.25, 0.3) is 11.0 Å². The van der Waals surface area contributed by atoms with Crippen molar-refractivity contribution in [1.29, 1.82) is 0 Å². The van der Waals surface area contributed by atoms with Crippen LogP contribution in [0.4, 0.5) is 0 Å². The molecule has 0 aliphatic carbocycles. The first-order chi connectivity index (χ1) is 14.8. The Balaban J connectivity index is 1.86. The van der Waals surface area contributed by atoms with Crippen LogP contribution in [-0.4, -0.2) is 30.1 Å². The van der Waals surface area contributed by atoms with Gasteiger partial charge in [-0.3, -0.25) is 4.79 Å². The number of carbonyl (C=O) groups is 1. The first-order valence-electron chi connectivity index (χ1n) is 10.9. The van der Waals surface area contributed by atoms with Gasteiger partial charge in [-0.1, -0.05) is 71.0 Å². The van der Waals surface area contributed by atoms with Gasteiger partial charge in [0.25, 0.3) is 0 Å². The maximum absolute atomic E-state index is 13.1. The molecule has 7 heteroatoms. The molecule has 32 heavy (non-hydrogen) atoms. The van der Waals surface area contributed by atoms with Gasteiger partial charge in [0.2, 0.25) is 5.91 Å². The zero-order valence-corrected chi connectivity index (χ0v) is 20.5. The fourth-order valence-corrected chi connectivity index (χ4v) is 4.52. The van der Waals surface area contributed by atoms with Crippen molar-refractivity contribution >= 4 is 26.8 Å². The van der Waals surface area contributed by atoms with Gasteiger partial charge in [0.1, 0.15) is 18.1 Å². The third kappa shape index (κ3) is 5.76. The lowest BCUT2D eigenvalue weighted by atomic mass is 9.85. The number of fused-ring (bicyclic) bond motifs is 1. The predicted octanol–water partition coefficient (Wildman–Crippen LogP) is 4.39. The number of nitrogens with one attached hydrogen (secondary N) is 1. The summed E-state index contributed by atoms with van der Waals surface area (Å²) in [6.45, 7) is 10.7. The number of imidazole rings is 1. The van der Waals surface area contributed by atoms with Crippen LogP contribution in [-0.2, 0) is 32.3 Å². The molecule has 3 rings (SSSR count). The maximum Gasteiger partial charge on any atom is 0.240 e. The Morgan fingerprint density at radius 2 is 1.69 bits per heavy atom. The second-order valence-electron chi connectivity index (χ2n) is 9.83. The van der Waals surface area contributed by atoms with E-state index in [0.29, 0.717) is 11.3 Å². The van der Waals surface area contributed by atoms with E-state index in [4.69, 9.17) is 0 Å². The van der Waals surface area contributed by atoms with E-state index in [1.165, 1.54) is 11.8 Å². The summed E-state index contributed by atoms with van der Waals surface area (Å²) in [7, 11) is -3.29. The van der Waals surface area contributed by atoms with Crippen LogP contribution in [0.15, 0.2) is 48.5 Å². The van der Waals surface area contributed by atoms with Crippen LogP contribution in [0.1, 0.15) is 57.6 Å². The standard InChI is InChI=1S/C25H33N3O3S/c1-17(2)24(18-11-13-19(14-12-18)25(3,4)5)27-23(29)15-28-21-10-8-7-9-20(21)26-22(28)16-32(6,30)31/h7-14,17,24H,15-16H2,1-6H3,(H,27,29). The monoisotopic (exact) mass is 455 g/mol. The van der Waals surface area contributed by atoms with E-state index >= 15 is 0 Å². The van der Waals surface area contributed by atoms with Crippen LogP contribution >= 0.6 is 0 Å². The Bertz CT molecular complexity index is 1200. The molecule has 0 saturated heterocycles. The highest BCUT2D eigenvalue weighted by Crippen LogP contribution is 2.27. The van der Waals surface area contributed by atoms with Crippen molar-refractivity contribution in [3.05, 3.63) is 65.5 Å². The number of nitrogens with zero attached hydrogens (tertiary/aromatic N) is 2. The summed E-state index contributed by atoms with van der Waals surface area (Å²) < 4.78 is 25.5. The molecule has 0 saturated carbocycles. The molecule has 1 N–H and O–H groups in total. The van der Waals surface area contributed by atoms with Gasteiger partial charge in [0.05, 0.1) is 17.1 Å². The van der Waals surface area contributed by atoms with Crippen molar-refractivity contribution in [3.63, 3.8) is 0 Å². The van der Waals surface area contributed by atoms with Crippen molar-refractivity contribution in [3.8, 4) is 0 Å². The summed E-state index contributed by atoms with van der Waals surface area (Å²) in [5.74, 6) is 0.173. The number of carbonyl (C=O) groups excluding carboxylic acids is 1. The van der Waals surface area contributed by atoms with Gasteiger partial charge in [0.15, 0.2) is 9.84 Å². The Morgan fingerprint density at radius 1 is 1.06 bits per heavy atom. The van der Waals surface area contributed by atoms with E-state index in [2.05, 4.69) is 69.2 Å². The van der Waals surface area contributed by atoms with E-state index in [1.807, 2.05) is 24.3 Å². The Hall–Kier alpha value is -2.67. The second kappa shape index (κ2) is 9.06. The zero-order valence-electron chi connectivity index (χ0n) is 19.7. The lowest BCUT2D eigenvalue weighted by Crippen LogP contribution is -2.34. The molecule has 0 fully saturated rings. The average Bonchev–Trinajstić information content (AvgIpc) is 3.00. The lowest BCUT2D eigenvalue weighted by Gasteiger charge is -2.25. The molecule has 1 atom stereocenters. The van der Waals surface area contributed by atoms with Gasteiger partial charge in [-0.15, -0.1) is 0 Å². The minimum absolute atomic E-state index is 0.00859. The summed E-state index contributed by atoms with van der Waals surface area (Å²) in [5, 5.41) is 3.15. The maximum atomic E-state index is 13.1. The van der Waals surface area contributed by atoms with Gasteiger partial charge < -0.3 is 9.88 Å². The number of sulfone groups is 1. The fraction of sp³-hybridized carbons (Fsp3) is 0.440. The highest BCUT2D eigenvalue weighted by atomic mass is 32.2. The summed E-state index contributed by atoms with van der Waals surface area (Å²) in [5.41, 5.74) is 3.78. The number of para-hydroxylation sites is 2. The zero-order chi connectivity index (χ0) is 23.7. The summed E-state index contributed by atoms with van der Waals surface area (Å²) in [6.07, 6.45) is 1.17. The van der Waals surface area contributed by atoms with Gasteiger partial charge in [-0.25, -0.2) is 13.4 Å². The normalized spacial score (nSPS) is 13.5. The van der Waals surface area contributed by atoms with Crippen LogP contribution in [0.3, 0.4) is 0 Å². The van der Waals surface area contributed by atoms with Crippen LogP contribution in [0, 0.1) is 5.92 Å². The van der Waals surface area contributed by atoms with E-state index < -0.39 is 9.84 Å². The third-order valence-corrected chi connectivity index (χ3v) is 6.33. The molecule has 0 bridgehead atoms. The molecule has 0 aliphatic heterocycles. The van der Waals surface area contributed by atoms with E-state index in [-0.39, 0.29) is 35.6 Å². The van der Waals surface area contributed by atoms with Gasteiger partial charge in [-0.2, -0.15) is 0 Å². The van der Waals surface area contributed by atoms with Gasteiger partial charge >= 0.3 is 0 Å². The van der Waals surface area contributed by atoms with Crippen LogP contribution in [0.2, 0.25) is 0 Å². The van der Waals surface area contributed by atoms with Gasteiger partial charge in [-0.05, 0) is 34.6 Å². The van der Waals surface area contributed by atoms with E-state index in [9.17, 15) is 13.2 Å². The van der Waals surface area contributed by atoms with Gasteiger partial charge in [0, 0.05) is 6.26 Å². The molecule has 0 spiro atoms. The highest BCUT2D eigenvalue weighted by Gasteiger charge is 2.22. The molecular weight excluding hydrogens is 422 g/mol. The number of rotatable bonds is 7. The molecule has 1 amide bonds. The number of amides is 1. The molecule has 6 nitrogen and oxygen atoms in total. The number of aromatic nitrogens is 2. The Kier molecular flexibility index (Phi) is 6.79. The Morgan fingerprint density at radius 3 is 2.25 bits per heavy atom. The molecule has 1 unspecified atom stereocenters. The van der Waals surface area contributed by atoms with Crippen LogP contribution < -0.4 is 5.32 Å². The smallest absolute Gasteiger partial charge is 0.240 e. The largest absolute Gasteiger partial charge is 0.347 e. The molecule has 1 aromatic heterocycles.